The molecular weight excluding hydrogens is 320 g/mol. The first-order valence-electron chi connectivity index (χ1n) is 8.40. The van der Waals surface area contributed by atoms with E-state index in [-0.39, 0.29) is 5.91 Å². The van der Waals surface area contributed by atoms with Crippen LogP contribution in [0, 0.1) is 0 Å². The van der Waals surface area contributed by atoms with E-state index < -0.39 is 6.10 Å². The molecule has 0 aliphatic rings. The Balaban J connectivity index is 1.95. The third kappa shape index (κ3) is 5.70. The molecular formula is C18H24N4O3. The van der Waals surface area contributed by atoms with E-state index in [9.17, 15) is 4.79 Å². The molecule has 0 fully saturated rings. The van der Waals surface area contributed by atoms with E-state index in [4.69, 9.17) is 9.36 Å². The number of aryl methyl sites for hydroxylation is 1. The van der Waals surface area contributed by atoms with Crippen LogP contribution in [-0.4, -0.2) is 21.8 Å². The summed E-state index contributed by atoms with van der Waals surface area (Å²) in [6.07, 6.45) is 2.49. The fraction of sp³-hybridized carbons (Fsp3) is 0.444. The molecule has 2 aromatic rings. The lowest BCUT2D eigenvalue weighted by Crippen LogP contribution is -2.06. The van der Waals surface area contributed by atoms with Crippen LogP contribution < -0.4 is 5.32 Å². The molecule has 0 aliphatic carbocycles. The predicted molar refractivity (Wildman–Crippen MR) is 95.4 cm³/mol. The van der Waals surface area contributed by atoms with Gasteiger partial charge in [0.2, 0.25) is 12.0 Å². The molecule has 7 nitrogen and oxygen atoms in total. The molecule has 1 amide bonds. The molecule has 1 atom stereocenters. The van der Waals surface area contributed by atoms with E-state index in [1.54, 1.807) is 0 Å². The van der Waals surface area contributed by atoms with E-state index >= 15 is 0 Å². The van der Waals surface area contributed by atoms with Crippen LogP contribution in [0.5, 0.6) is 0 Å². The topological polar surface area (TPSA) is 89.6 Å². The van der Waals surface area contributed by atoms with E-state index in [1.807, 2.05) is 38.1 Å². The van der Waals surface area contributed by atoms with Crippen molar-refractivity contribution in [3.63, 3.8) is 0 Å². The van der Waals surface area contributed by atoms with Crippen molar-refractivity contribution in [1.29, 1.82) is 0 Å². The number of aromatic nitrogens is 2. The van der Waals surface area contributed by atoms with Crippen molar-refractivity contribution in [2.45, 2.75) is 53.1 Å². The number of hydrogen-bond donors (Lipinski definition) is 1. The Morgan fingerprint density at radius 1 is 1.32 bits per heavy atom. The smallest absolute Gasteiger partial charge is 0.270 e. The molecule has 25 heavy (non-hydrogen) atoms. The highest BCUT2D eigenvalue weighted by molar-refractivity contribution is 5.99. The molecule has 0 aliphatic heterocycles. The molecule has 2 rings (SSSR count). The van der Waals surface area contributed by atoms with Crippen LogP contribution in [0.2, 0.25) is 0 Å². The van der Waals surface area contributed by atoms with Crippen LogP contribution in [0.1, 0.15) is 63.9 Å². The normalized spacial score (nSPS) is 12.7. The van der Waals surface area contributed by atoms with Crippen molar-refractivity contribution >= 4 is 17.3 Å². The summed E-state index contributed by atoms with van der Waals surface area (Å²) in [4.78, 5) is 20.8. The molecule has 0 saturated carbocycles. The van der Waals surface area contributed by atoms with E-state index in [2.05, 4.69) is 27.5 Å². The van der Waals surface area contributed by atoms with E-state index in [1.165, 1.54) is 6.92 Å². The molecule has 1 aromatic carbocycles. The average Bonchev–Trinajstić information content (AvgIpc) is 3.06. The summed E-state index contributed by atoms with van der Waals surface area (Å²) in [6, 6.07) is 7.37. The number of benzene rings is 1. The van der Waals surface area contributed by atoms with Crippen molar-refractivity contribution in [3.05, 3.63) is 41.5 Å². The number of nitrogens with zero attached hydrogens (tertiary/aromatic N) is 3. The number of carbonyl (C=O) groups excluding carboxylic acids is 1. The highest BCUT2D eigenvalue weighted by Crippen LogP contribution is 2.17. The SMILES string of the molecule is CCCCc1noc(C(C)O/N=C(\C)c2ccc(NC(C)=O)cc2)n1. The van der Waals surface area contributed by atoms with Gasteiger partial charge in [0.1, 0.15) is 0 Å². The molecule has 1 N–H and O–H groups in total. The lowest BCUT2D eigenvalue weighted by Gasteiger charge is -2.07. The number of oxime groups is 1. The van der Waals surface area contributed by atoms with Crippen LogP contribution >= 0.6 is 0 Å². The van der Waals surface area contributed by atoms with Crippen LogP contribution in [0.3, 0.4) is 0 Å². The maximum absolute atomic E-state index is 11.0. The Morgan fingerprint density at radius 2 is 2.04 bits per heavy atom. The lowest BCUT2D eigenvalue weighted by atomic mass is 10.1. The van der Waals surface area contributed by atoms with Crippen LogP contribution in [0.4, 0.5) is 5.69 Å². The molecule has 0 bridgehead atoms. The molecule has 0 saturated heterocycles. The third-order valence-electron chi connectivity index (χ3n) is 3.56. The molecule has 134 valence electrons. The van der Waals surface area contributed by atoms with Crippen LogP contribution in [0.25, 0.3) is 0 Å². The van der Waals surface area contributed by atoms with Gasteiger partial charge in [0.15, 0.2) is 5.82 Å². The van der Waals surface area contributed by atoms with Gasteiger partial charge in [-0.2, -0.15) is 4.98 Å². The highest BCUT2D eigenvalue weighted by atomic mass is 16.6. The third-order valence-corrected chi connectivity index (χ3v) is 3.56. The largest absolute Gasteiger partial charge is 0.382 e. The second kappa shape index (κ2) is 8.96. The van der Waals surface area contributed by atoms with Crippen molar-refractivity contribution in [2.75, 3.05) is 5.32 Å². The number of nitrogens with one attached hydrogen (secondary N) is 1. The zero-order valence-corrected chi connectivity index (χ0v) is 15.1. The first kappa shape index (κ1) is 18.6. The van der Waals surface area contributed by atoms with Gasteiger partial charge < -0.3 is 14.7 Å². The minimum Gasteiger partial charge on any atom is -0.382 e. The van der Waals surface area contributed by atoms with Crippen molar-refractivity contribution < 1.29 is 14.2 Å². The van der Waals surface area contributed by atoms with Crippen LogP contribution in [0.15, 0.2) is 33.9 Å². The van der Waals surface area contributed by atoms with Gasteiger partial charge in [-0.3, -0.25) is 4.79 Å². The summed E-state index contributed by atoms with van der Waals surface area (Å²) in [5.41, 5.74) is 2.35. The number of unbranched alkanes of at least 4 members (excludes halogenated alkanes) is 1. The minimum atomic E-state index is -0.420. The molecule has 1 unspecified atom stereocenters. The summed E-state index contributed by atoms with van der Waals surface area (Å²) in [5.74, 6) is 1.01. The molecule has 1 heterocycles. The maximum atomic E-state index is 11.0. The summed E-state index contributed by atoms with van der Waals surface area (Å²) >= 11 is 0. The highest BCUT2D eigenvalue weighted by Gasteiger charge is 2.15. The lowest BCUT2D eigenvalue weighted by molar-refractivity contribution is -0.114. The Hall–Kier alpha value is -2.70. The summed E-state index contributed by atoms with van der Waals surface area (Å²) in [6.45, 7) is 7.25. The molecule has 0 radical (unpaired) electrons. The summed E-state index contributed by atoms with van der Waals surface area (Å²) < 4.78 is 5.22. The van der Waals surface area contributed by atoms with Crippen LogP contribution in [-0.2, 0) is 16.1 Å². The van der Waals surface area contributed by atoms with Gasteiger partial charge in [0, 0.05) is 19.0 Å². The van der Waals surface area contributed by atoms with Gasteiger partial charge in [-0.25, -0.2) is 0 Å². The molecule has 0 spiro atoms. The van der Waals surface area contributed by atoms with Gasteiger partial charge >= 0.3 is 0 Å². The Labute approximate surface area is 147 Å². The van der Waals surface area contributed by atoms with Gasteiger partial charge in [0.25, 0.3) is 5.89 Å². The average molecular weight is 344 g/mol. The number of hydrogen-bond acceptors (Lipinski definition) is 6. The summed E-state index contributed by atoms with van der Waals surface area (Å²) in [7, 11) is 0. The minimum absolute atomic E-state index is 0.104. The fourth-order valence-corrected chi connectivity index (χ4v) is 2.12. The van der Waals surface area contributed by atoms with E-state index in [0.717, 1.165) is 30.5 Å². The standard InChI is InChI=1S/C18H24N4O3/c1-5-6-7-17-20-18(25-22-17)13(3)24-21-12(2)15-8-10-16(11-9-15)19-14(4)23/h8-11,13H,5-7H2,1-4H3,(H,19,23)/b21-12+. The number of rotatable bonds is 8. The quantitative estimate of drug-likeness (QED) is 0.580. The Morgan fingerprint density at radius 3 is 2.68 bits per heavy atom. The molecule has 7 heteroatoms. The van der Waals surface area contributed by atoms with Gasteiger partial charge in [-0.15, -0.1) is 0 Å². The number of carbonyl (C=O) groups is 1. The fourth-order valence-electron chi connectivity index (χ4n) is 2.12. The van der Waals surface area contributed by atoms with Crippen molar-refractivity contribution in [1.82, 2.24) is 10.1 Å². The Bertz CT molecular complexity index is 722. The van der Waals surface area contributed by atoms with Gasteiger partial charge in [0.05, 0.1) is 5.71 Å². The summed E-state index contributed by atoms with van der Waals surface area (Å²) in [5, 5.41) is 10.8. The first-order chi connectivity index (χ1) is 12.0. The van der Waals surface area contributed by atoms with Crippen molar-refractivity contribution in [2.24, 2.45) is 5.16 Å². The number of amides is 1. The monoisotopic (exact) mass is 344 g/mol. The second-order valence-corrected chi connectivity index (χ2v) is 5.84. The second-order valence-electron chi connectivity index (χ2n) is 5.84. The molecule has 1 aromatic heterocycles. The Kier molecular flexibility index (Phi) is 6.68. The van der Waals surface area contributed by atoms with Gasteiger partial charge in [-0.05, 0) is 38.0 Å². The predicted octanol–water partition coefficient (Wildman–Crippen LogP) is 3.87. The maximum Gasteiger partial charge on any atom is 0.270 e. The zero-order valence-electron chi connectivity index (χ0n) is 15.1. The first-order valence-corrected chi connectivity index (χ1v) is 8.40. The van der Waals surface area contributed by atoms with E-state index in [0.29, 0.717) is 17.4 Å². The zero-order chi connectivity index (χ0) is 18.2. The van der Waals surface area contributed by atoms with Crippen molar-refractivity contribution in [3.8, 4) is 0 Å². The van der Waals surface area contributed by atoms with Gasteiger partial charge in [-0.1, -0.05) is 35.8 Å². The number of anilines is 1.